The Hall–Kier alpha value is -3.75. The Labute approximate surface area is 161 Å². The van der Waals surface area contributed by atoms with Crippen molar-refractivity contribution in [3.63, 3.8) is 0 Å². The van der Waals surface area contributed by atoms with Crippen molar-refractivity contribution in [2.45, 2.75) is 6.42 Å². The Morgan fingerprint density at radius 3 is 2.79 bits per heavy atom. The van der Waals surface area contributed by atoms with E-state index in [9.17, 15) is 9.59 Å². The fourth-order valence-corrected chi connectivity index (χ4v) is 3.05. The van der Waals surface area contributed by atoms with Gasteiger partial charge in [-0.15, -0.1) is 0 Å². The zero-order valence-electron chi connectivity index (χ0n) is 15.1. The first kappa shape index (κ1) is 17.7. The van der Waals surface area contributed by atoms with Gasteiger partial charge in [-0.05, 0) is 18.2 Å². The number of anilines is 2. The summed E-state index contributed by atoms with van der Waals surface area (Å²) >= 11 is 0. The topological polar surface area (TPSA) is 102 Å². The number of nitrogens with zero attached hydrogens (tertiary/aromatic N) is 5. The molecule has 3 aromatic rings. The van der Waals surface area contributed by atoms with E-state index in [1.807, 2.05) is 12.1 Å². The van der Waals surface area contributed by atoms with Gasteiger partial charge in [0.1, 0.15) is 5.75 Å². The maximum Gasteiger partial charge on any atom is 0.250 e. The monoisotopic (exact) mass is 378 g/mol. The minimum Gasteiger partial charge on any atom is -0.497 e. The lowest BCUT2D eigenvalue weighted by molar-refractivity contribution is -0.122. The highest BCUT2D eigenvalue weighted by Gasteiger charge is 2.35. The van der Waals surface area contributed by atoms with E-state index in [1.165, 1.54) is 17.1 Å². The molecule has 1 unspecified atom stereocenters. The van der Waals surface area contributed by atoms with E-state index in [-0.39, 0.29) is 18.2 Å². The lowest BCUT2D eigenvalue weighted by Gasteiger charge is -2.17. The van der Waals surface area contributed by atoms with Crippen molar-refractivity contribution in [2.24, 2.45) is 5.92 Å². The molecule has 1 fully saturated rings. The zero-order valence-corrected chi connectivity index (χ0v) is 15.1. The second-order valence-electron chi connectivity index (χ2n) is 6.32. The number of aromatic nitrogens is 4. The number of amides is 2. The van der Waals surface area contributed by atoms with Gasteiger partial charge >= 0.3 is 0 Å². The smallest absolute Gasteiger partial charge is 0.250 e. The van der Waals surface area contributed by atoms with Crippen molar-refractivity contribution in [1.29, 1.82) is 0 Å². The predicted octanol–water partition coefficient (Wildman–Crippen LogP) is 1.66. The van der Waals surface area contributed by atoms with Crippen LogP contribution in [0.3, 0.4) is 0 Å². The predicted molar refractivity (Wildman–Crippen MR) is 101 cm³/mol. The van der Waals surface area contributed by atoms with Gasteiger partial charge in [0.05, 0.1) is 31.1 Å². The fourth-order valence-electron chi connectivity index (χ4n) is 3.05. The number of nitrogens with one attached hydrogen (secondary N) is 1. The first-order valence-corrected chi connectivity index (χ1v) is 8.71. The normalized spacial score (nSPS) is 16.2. The Morgan fingerprint density at radius 1 is 1.25 bits per heavy atom. The summed E-state index contributed by atoms with van der Waals surface area (Å²) < 4.78 is 6.72. The molecule has 0 spiro atoms. The van der Waals surface area contributed by atoms with Crippen molar-refractivity contribution in [1.82, 2.24) is 19.7 Å². The Morgan fingerprint density at radius 2 is 2.07 bits per heavy atom. The molecule has 1 N–H and O–H groups in total. The highest BCUT2D eigenvalue weighted by molar-refractivity contribution is 6.03. The number of carbonyl (C=O) groups excluding carboxylic acids is 2. The van der Waals surface area contributed by atoms with Crippen molar-refractivity contribution >= 4 is 23.2 Å². The highest BCUT2D eigenvalue weighted by Crippen LogP contribution is 2.28. The van der Waals surface area contributed by atoms with Crippen LogP contribution < -0.4 is 15.0 Å². The molecule has 2 aromatic heterocycles. The second kappa shape index (κ2) is 7.47. The number of hydrogen-bond donors (Lipinski definition) is 1. The van der Waals surface area contributed by atoms with E-state index in [0.717, 1.165) is 0 Å². The number of methoxy groups -OCH3 is 1. The summed E-state index contributed by atoms with van der Waals surface area (Å²) in [5.74, 6) is 0.272. The molecule has 9 heteroatoms. The molecule has 28 heavy (non-hydrogen) atoms. The van der Waals surface area contributed by atoms with E-state index in [1.54, 1.807) is 42.6 Å². The van der Waals surface area contributed by atoms with E-state index in [4.69, 9.17) is 4.74 Å². The van der Waals surface area contributed by atoms with E-state index < -0.39 is 5.92 Å². The van der Waals surface area contributed by atoms with E-state index >= 15 is 0 Å². The molecule has 9 nitrogen and oxygen atoms in total. The van der Waals surface area contributed by atoms with Crippen LogP contribution in [0.5, 0.6) is 5.75 Å². The number of rotatable bonds is 5. The molecule has 3 heterocycles. The molecular formula is C19H18N6O3. The van der Waals surface area contributed by atoms with Crippen LogP contribution in [0.1, 0.15) is 6.42 Å². The van der Waals surface area contributed by atoms with Crippen LogP contribution in [0.15, 0.2) is 55.1 Å². The standard InChI is InChI=1S/C19H18N6O3/c1-28-16-5-2-4-15(9-16)24-12-13(8-17(24)26)18(27)23-14-10-20-19(21-11-14)25-7-3-6-22-25/h2-7,9-11,13H,8,12H2,1H3,(H,23,27). The molecule has 4 rings (SSSR count). The molecule has 0 saturated carbocycles. The number of carbonyl (C=O) groups is 2. The summed E-state index contributed by atoms with van der Waals surface area (Å²) in [5.41, 5.74) is 1.18. The third-order valence-electron chi connectivity index (χ3n) is 4.48. The van der Waals surface area contributed by atoms with Crippen LogP contribution in [-0.2, 0) is 9.59 Å². The summed E-state index contributed by atoms with van der Waals surface area (Å²) in [4.78, 5) is 34.9. The average Bonchev–Trinajstić information content (AvgIpc) is 3.39. The summed E-state index contributed by atoms with van der Waals surface area (Å²) in [5, 5.41) is 6.82. The summed E-state index contributed by atoms with van der Waals surface area (Å²) in [6, 6.07) is 8.99. The lowest BCUT2D eigenvalue weighted by Crippen LogP contribution is -2.28. The number of benzene rings is 1. The molecular weight excluding hydrogens is 360 g/mol. The van der Waals surface area contributed by atoms with Crippen LogP contribution >= 0.6 is 0 Å². The van der Waals surface area contributed by atoms with Gasteiger partial charge in [0.2, 0.25) is 11.8 Å². The number of hydrogen-bond acceptors (Lipinski definition) is 6. The molecule has 2 amide bonds. The van der Waals surface area contributed by atoms with Crippen molar-refractivity contribution < 1.29 is 14.3 Å². The van der Waals surface area contributed by atoms with Crippen molar-refractivity contribution in [3.05, 3.63) is 55.1 Å². The third-order valence-corrected chi connectivity index (χ3v) is 4.48. The fraction of sp³-hybridized carbons (Fsp3) is 0.211. The molecule has 142 valence electrons. The van der Waals surface area contributed by atoms with Crippen LogP contribution in [-0.4, -0.2) is 45.2 Å². The molecule has 1 saturated heterocycles. The van der Waals surface area contributed by atoms with Gasteiger partial charge in [-0.2, -0.15) is 5.10 Å². The maximum absolute atomic E-state index is 12.6. The Balaban J connectivity index is 1.42. The second-order valence-corrected chi connectivity index (χ2v) is 6.32. The molecule has 1 aromatic carbocycles. The summed E-state index contributed by atoms with van der Waals surface area (Å²) in [6.45, 7) is 0.310. The molecule has 0 aliphatic carbocycles. The minimum absolute atomic E-state index is 0.0984. The first-order chi connectivity index (χ1) is 13.6. The lowest BCUT2D eigenvalue weighted by atomic mass is 10.1. The van der Waals surface area contributed by atoms with Gasteiger partial charge in [0, 0.05) is 37.1 Å². The van der Waals surface area contributed by atoms with Gasteiger partial charge in [-0.3, -0.25) is 9.59 Å². The van der Waals surface area contributed by atoms with Crippen molar-refractivity contribution in [2.75, 3.05) is 23.9 Å². The summed E-state index contributed by atoms with van der Waals surface area (Å²) in [7, 11) is 1.57. The van der Waals surface area contributed by atoms with Gasteiger partial charge < -0.3 is 15.0 Å². The molecule has 0 bridgehead atoms. The molecule has 0 radical (unpaired) electrons. The highest BCUT2D eigenvalue weighted by atomic mass is 16.5. The SMILES string of the molecule is COc1cccc(N2CC(C(=O)Nc3cnc(-n4cccn4)nc3)CC2=O)c1. The average molecular weight is 378 g/mol. The maximum atomic E-state index is 12.6. The van der Waals surface area contributed by atoms with Gasteiger partial charge in [-0.1, -0.05) is 6.07 Å². The van der Waals surface area contributed by atoms with Crippen LogP contribution in [0.25, 0.3) is 5.95 Å². The zero-order chi connectivity index (χ0) is 19.5. The van der Waals surface area contributed by atoms with E-state index in [0.29, 0.717) is 29.6 Å². The summed E-state index contributed by atoms with van der Waals surface area (Å²) in [6.07, 6.45) is 6.53. The van der Waals surface area contributed by atoms with Gasteiger partial charge in [-0.25, -0.2) is 14.6 Å². The van der Waals surface area contributed by atoms with Gasteiger partial charge in [0.25, 0.3) is 5.95 Å². The molecule has 1 atom stereocenters. The number of ether oxygens (including phenoxy) is 1. The van der Waals surface area contributed by atoms with Crippen LogP contribution in [0.2, 0.25) is 0 Å². The Kier molecular flexibility index (Phi) is 4.71. The quantitative estimate of drug-likeness (QED) is 0.724. The van der Waals surface area contributed by atoms with Crippen LogP contribution in [0.4, 0.5) is 11.4 Å². The van der Waals surface area contributed by atoms with E-state index in [2.05, 4.69) is 20.4 Å². The molecule has 1 aliphatic rings. The van der Waals surface area contributed by atoms with Gasteiger partial charge in [0.15, 0.2) is 0 Å². The molecule has 1 aliphatic heterocycles. The minimum atomic E-state index is -0.454. The third kappa shape index (κ3) is 3.54. The Bertz CT molecular complexity index is 987. The van der Waals surface area contributed by atoms with Crippen LogP contribution in [0, 0.1) is 5.92 Å². The largest absolute Gasteiger partial charge is 0.497 e. The first-order valence-electron chi connectivity index (χ1n) is 8.71. The van der Waals surface area contributed by atoms with Crippen molar-refractivity contribution in [3.8, 4) is 11.7 Å².